The van der Waals surface area contributed by atoms with Crippen molar-refractivity contribution < 1.29 is 41.0 Å². The number of nitrogens with zero attached hydrogens (tertiary/aromatic N) is 3. The predicted octanol–water partition coefficient (Wildman–Crippen LogP) is 1.63. The molecule has 2 heterocycles. The van der Waals surface area contributed by atoms with E-state index < -0.39 is 22.2 Å². The molecule has 14 heteroatoms. The fraction of sp³-hybridized carbons (Fsp3) is 0.652. The molecule has 0 atom stereocenters. The van der Waals surface area contributed by atoms with Crippen LogP contribution in [0.25, 0.3) is 0 Å². The molecule has 2 N–H and O–H groups in total. The lowest BCUT2D eigenvalue weighted by molar-refractivity contribution is -0.192. The molecule has 210 valence electrons. The van der Waals surface area contributed by atoms with E-state index >= 15 is 0 Å². The second-order valence-electron chi connectivity index (χ2n) is 8.54. The fourth-order valence-corrected chi connectivity index (χ4v) is 5.36. The SMILES string of the molecule is CCOc1ccc(S(=O)(=O)N(CCC(=O)N2CCNCC2)CCN2CCCC2)cc1.O=C(O)C(F)(F)F. The van der Waals surface area contributed by atoms with Gasteiger partial charge < -0.3 is 25.0 Å². The minimum absolute atomic E-state index is 0.0181. The van der Waals surface area contributed by atoms with Gasteiger partial charge in [-0.05, 0) is 57.1 Å². The Hall–Kier alpha value is -2.42. The molecule has 10 nitrogen and oxygen atoms in total. The molecule has 0 spiro atoms. The number of halogens is 3. The van der Waals surface area contributed by atoms with Crippen LogP contribution in [0.1, 0.15) is 26.2 Å². The number of rotatable bonds is 10. The Balaban J connectivity index is 0.000000604. The largest absolute Gasteiger partial charge is 0.494 e. The lowest BCUT2D eigenvalue weighted by Gasteiger charge is -2.29. The highest BCUT2D eigenvalue weighted by Crippen LogP contribution is 2.21. The number of hydrogen-bond donors (Lipinski definition) is 2. The number of nitrogens with one attached hydrogen (secondary N) is 1. The lowest BCUT2D eigenvalue weighted by atomic mass is 10.3. The van der Waals surface area contributed by atoms with Gasteiger partial charge >= 0.3 is 12.1 Å². The highest BCUT2D eigenvalue weighted by molar-refractivity contribution is 7.89. The summed E-state index contributed by atoms with van der Waals surface area (Å²) in [7, 11) is -3.68. The van der Waals surface area contributed by atoms with Gasteiger partial charge in [0.05, 0.1) is 11.5 Å². The van der Waals surface area contributed by atoms with E-state index in [4.69, 9.17) is 14.6 Å². The monoisotopic (exact) mass is 552 g/mol. The second kappa shape index (κ2) is 14.5. The van der Waals surface area contributed by atoms with Crippen LogP contribution in [-0.4, -0.2) is 111 Å². The van der Waals surface area contributed by atoms with Crippen molar-refractivity contribution in [1.82, 2.24) is 19.4 Å². The number of aliphatic carboxylic acids is 1. The smallest absolute Gasteiger partial charge is 0.490 e. The van der Waals surface area contributed by atoms with Crippen molar-refractivity contribution in [1.29, 1.82) is 0 Å². The first kappa shape index (κ1) is 30.8. The van der Waals surface area contributed by atoms with Crippen molar-refractivity contribution >= 4 is 21.9 Å². The van der Waals surface area contributed by atoms with Crippen molar-refractivity contribution in [3.05, 3.63) is 24.3 Å². The average Bonchev–Trinajstić information content (AvgIpc) is 3.38. The zero-order chi connectivity index (χ0) is 27.5. The third-order valence-corrected chi connectivity index (χ3v) is 7.84. The Morgan fingerprint density at radius 3 is 2.14 bits per heavy atom. The van der Waals surface area contributed by atoms with E-state index in [9.17, 15) is 26.4 Å². The summed E-state index contributed by atoms with van der Waals surface area (Å²) in [5.41, 5.74) is 0. The van der Waals surface area contributed by atoms with Crippen LogP contribution in [0.3, 0.4) is 0 Å². The Labute approximate surface area is 215 Å². The molecule has 0 aromatic heterocycles. The van der Waals surface area contributed by atoms with E-state index in [0.717, 1.165) is 39.0 Å². The summed E-state index contributed by atoms with van der Waals surface area (Å²) < 4.78 is 65.3. The molecule has 2 aliphatic heterocycles. The lowest BCUT2D eigenvalue weighted by Crippen LogP contribution is -2.47. The molecule has 1 amide bonds. The normalized spacial score (nSPS) is 16.8. The zero-order valence-corrected chi connectivity index (χ0v) is 21.7. The number of carbonyl (C=O) groups is 2. The van der Waals surface area contributed by atoms with E-state index in [1.807, 2.05) is 11.8 Å². The van der Waals surface area contributed by atoms with Gasteiger partial charge in [0.2, 0.25) is 15.9 Å². The van der Waals surface area contributed by atoms with E-state index in [0.29, 0.717) is 38.5 Å². The van der Waals surface area contributed by atoms with Crippen LogP contribution < -0.4 is 10.1 Å². The van der Waals surface area contributed by atoms with Gasteiger partial charge in [-0.2, -0.15) is 17.5 Å². The van der Waals surface area contributed by atoms with Crippen molar-refractivity contribution in [2.75, 3.05) is 65.5 Å². The number of ether oxygens (including phenoxy) is 1. The Morgan fingerprint density at radius 1 is 1.05 bits per heavy atom. The number of benzene rings is 1. The molecule has 0 unspecified atom stereocenters. The summed E-state index contributed by atoms with van der Waals surface area (Å²) in [6.07, 6.45) is -2.56. The molecule has 0 aliphatic carbocycles. The summed E-state index contributed by atoms with van der Waals surface area (Å²) in [4.78, 5) is 25.8. The van der Waals surface area contributed by atoms with E-state index in [1.165, 1.54) is 4.31 Å². The first-order valence-corrected chi connectivity index (χ1v) is 13.6. The fourth-order valence-electron chi connectivity index (χ4n) is 3.93. The molecule has 2 saturated heterocycles. The second-order valence-corrected chi connectivity index (χ2v) is 10.5. The number of carboxylic acids is 1. The standard InChI is InChI=1S/C21H34N4O4S.C2HF3O2/c1-2-29-19-5-7-20(8-6-19)30(27,28)25(18-17-23-12-3-4-13-23)14-9-21(26)24-15-10-22-11-16-24;3-2(4,5)1(6)7/h5-8,22H,2-4,9-18H2,1H3;(H,6,7). The van der Waals surface area contributed by atoms with Gasteiger partial charge in [-0.3, -0.25) is 4.79 Å². The molecule has 0 radical (unpaired) electrons. The average molecular weight is 553 g/mol. The van der Waals surface area contributed by atoms with Crippen LogP contribution in [0, 0.1) is 0 Å². The number of alkyl halides is 3. The summed E-state index contributed by atoms with van der Waals surface area (Å²) in [6.45, 7) is 8.66. The van der Waals surface area contributed by atoms with Gasteiger partial charge in [-0.25, -0.2) is 13.2 Å². The summed E-state index contributed by atoms with van der Waals surface area (Å²) >= 11 is 0. The van der Waals surface area contributed by atoms with E-state index in [2.05, 4.69) is 10.2 Å². The maximum atomic E-state index is 13.3. The van der Waals surface area contributed by atoms with Crippen LogP contribution >= 0.6 is 0 Å². The number of likely N-dealkylation sites (tertiary alicyclic amines) is 1. The first-order valence-electron chi connectivity index (χ1n) is 12.2. The minimum atomic E-state index is -5.08. The molecule has 2 fully saturated rings. The van der Waals surface area contributed by atoms with Gasteiger partial charge in [0.25, 0.3) is 0 Å². The molecular formula is C23H35F3N4O6S. The topological polar surface area (TPSA) is 119 Å². The van der Waals surface area contributed by atoms with Crippen molar-refractivity contribution in [2.24, 2.45) is 0 Å². The van der Waals surface area contributed by atoms with Crippen molar-refractivity contribution in [2.45, 2.75) is 37.3 Å². The Morgan fingerprint density at radius 2 is 1.62 bits per heavy atom. The van der Waals surface area contributed by atoms with Crippen LogP contribution in [-0.2, 0) is 19.6 Å². The first-order chi connectivity index (χ1) is 17.4. The molecular weight excluding hydrogens is 517 g/mol. The predicted molar refractivity (Wildman–Crippen MR) is 130 cm³/mol. The van der Waals surface area contributed by atoms with Crippen molar-refractivity contribution in [3.8, 4) is 5.75 Å². The molecule has 0 saturated carbocycles. The number of sulfonamides is 1. The Bertz CT molecular complexity index is 964. The third-order valence-electron chi connectivity index (χ3n) is 5.92. The number of amides is 1. The Kier molecular flexibility index (Phi) is 12.1. The van der Waals surface area contributed by atoms with E-state index in [1.54, 1.807) is 24.3 Å². The van der Waals surface area contributed by atoms with Crippen LogP contribution in [0.4, 0.5) is 13.2 Å². The maximum absolute atomic E-state index is 13.3. The van der Waals surface area contributed by atoms with Gasteiger partial charge in [-0.1, -0.05) is 0 Å². The molecule has 0 bridgehead atoms. The minimum Gasteiger partial charge on any atom is -0.494 e. The number of carboxylic acid groups (broad SMARTS) is 1. The highest BCUT2D eigenvalue weighted by Gasteiger charge is 2.38. The molecule has 3 rings (SSSR count). The number of hydrogen-bond acceptors (Lipinski definition) is 7. The molecule has 1 aromatic carbocycles. The van der Waals surface area contributed by atoms with E-state index in [-0.39, 0.29) is 23.8 Å². The quantitative estimate of drug-likeness (QED) is 0.450. The van der Waals surface area contributed by atoms with Gasteiger partial charge in [-0.15, -0.1) is 0 Å². The maximum Gasteiger partial charge on any atom is 0.490 e. The molecule has 2 aliphatic rings. The van der Waals surface area contributed by atoms with Crippen LogP contribution in [0.5, 0.6) is 5.75 Å². The van der Waals surface area contributed by atoms with Gasteiger partial charge in [0, 0.05) is 52.2 Å². The van der Waals surface area contributed by atoms with Crippen LogP contribution in [0.2, 0.25) is 0 Å². The summed E-state index contributed by atoms with van der Waals surface area (Å²) in [5, 5.41) is 10.4. The van der Waals surface area contributed by atoms with Crippen LogP contribution in [0.15, 0.2) is 29.2 Å². The molecule has 1 aromatic rings. The van der Waals surface area contributed by atoms with Crippen molar-refractivity contribution in [3.63, 3.8) is 0 Å². The molecule has 37 heavy (non-hydrogen) atoms. The summed E-state index contributed by atoms with van der Waals surface area (Å²) in [5.74, 6) is -2.09. The summed E-state index contributed by atoms with van der Waals surface area (Å²) in [6, 6.07) is 6.53. The zero-order valence-electron chi connectivity index (χ0n) is 20.9. The number of piperazine rings is 1. The number of carbonyl (C=O) groups excluding carboxylic acids is 1. The third kappa shape index (κ3) is 10.1. The van der Waals surface area contributed by atoms with Gasteiger partial charge in [0.1, 0.15) is 5.75 Å². The highest BCUT2D eigenvalue weighted by atomic mass is 32.2. The van der Waals surface area contributed by atoms with Gasteiger partial charge in [0.15, 0.2) is 0 Å².